The molecule has 1 aromatic carbocycles. The van der Waals surface area contributed by atoms with E-state index >= 15 is 0 Å². The van der Waals surface area contributed by atoms with Crippen LogP contribution in [0.3, 0.4) is 0 Å². The second-order valence-electron chi connectivity index (χ2n) is 4.63. The van der Waals surface area contributed by atoms with E-state index in [9.17, 15) is 9.59 Å². The van der Waals surface area contributed by atoms with Crippen LogP contribution in [0, 0.1) is 0 Å². The van der Waals surface area contributed by atoms with Crippen LogP contribution < -0.4 is 4.74 Å². The van der Waals surface area contributed by atoms with Crippen molar-refractivity contribution in [2.24, 2.45) is 0 Å². The molecule has 0 aromatic heterocycles. The molecule has 0 heterocycles. The summed E-state index contributed by atoms with van der Waals surface area (Å²) >= 11 is 0. The predicted molar refractivity (Wildman–Crippen MR) is 73.0 cm³/mol. The van der Waals surface area contributed by atoms with Crippen molar-refractivity contribution in [2.45, 2.75) is 26.1 Å². The Morgan fingerprint density at radius 3 is 2.33 bits per heavy atom. The Labute approximate surface area is 121 Å². The highest BCUT2D eigenvalue weighted by molar-refractivity contribution is 5.95. The molecule has 0 amide bonds. The number of carboxylic acids is 2. The Hall–Kier alpha value is -2.12. The lowest BCUT2D eigenvalue weighted by Gasteiger charge is -2.16. The number of aromatic carboxylic acids is 2. The maximum Gasteiger partial charge on any atom is 0.339 e. The van der Waals surface area contributed by atoms with Gasteiger partial charge in [0.25, 0.3) is 0 Å². The molecule has 0 aliphatic rings. The molecule has 2 atom stereocenters. The van der Waals surface area contributed by atoms with Gasteiger partial charge in [0, 0.05) is 0 Å². The van der Waals surface area contributed by atoms with E-state index in [1.54, 1.807) is 13.8 Å². The Morgan fingerprint density at radius 2 is 1.81 bits per heavy atom. The number of rotatable bonds is 8. The quantitative estimate of drug-likeness (QED) is 0.661. The number of hydrogen-bond donors (Lipinski definition) is 3. The van der Waals surface area contributed by atoms with Gasteiger partial charge in [-0.25, -0.2) is 9.59 Å². The van der Waals surface area contributed by atoms with E-state index in [1.807, 2.05) is 0 Å². The van der Waals surface area contributed by atoms with Gasteiger partial charge in [-0.05, 0) is 32.0 Å². The zero-order valence-electron chi connectivity index (χ0n) is 11.8. The van der Waals surface area contributed by atoms with Crippen LogP contribution in [0.5, 0.6) is 5.75 Å². The van der Waals surface area contributed by atoms with Gasteiger partial charge in [0.2, 0.25) is 0 Å². The summed E-state index contributed by atoms with van der Waals surface area (Å²) in [5.74, 6) is -2.41. The minimum atomic E-state index is -1.27. The summed E-state index contributed by atoms with van der Waals surface area (Å²) in [5, 5.41) is 27.0. The fourth-order valence-electron chi connectivity index (χ4n) is 1.51. The normalized spacial score (nSPS) is 13.5. The number of aliphatic hydroxyl groups excluding tert-OH is 1. The van der Waals surface area contributed by atoms with Gasteiger partial charge in [-0.2, -0.15) is 0 Å². The molecular weight excluding hydrogens is 280 g/mol. The summed E-state index contributed by atoms with van der Waals surface area (Å²) in [6, 6.07) is 3.61. The molecule has 116 valence electrons. The van der Waals surface area contributed by atoms with Crippen LogP contribution in [0.2, 0.25) is 0 Å². The lowest BCUT2D eigenvalue weighted by atomic mass is 10.1. The second-order valence-corrected chi connectivity index (χ2v) is 4.63. The van der Waals surface area contributed by atoms with Crippen LogP contribution in [-0.2, 0) is 4.74 Å². The smallest absolute Gasteiger partial charge is 0.339 e. The monoisotopic (exact) mass is 298 g/mol. The zero-order chi connectivity index (χ0) is 16.0. The van der Waals surface area contributed by atoms with Crippen LogP contribution in [0.4, 0.5) is 0 Å². The molecule has 7 heteroatoms. The maximum absolute atomic E-state index is 11.1. The molecule has 0 radical (unpaired) electrons. The number of hydrogen-bond acceptors (Lipinski definition) is 5. The Bertz CT molecular complexity index is 510. The molecular formula is C14H18O7. The van der Waals surface area contributed by atoms with Crippen molar-refractivity contribution >= 4 is 11.9 Å². The van der Waals surface area contributed by atoms with Crippen molar-refractivity contribution in [1.29, 1.82) is 0 Å². The molecule has 0 saturated carbocycles. The molecule has 0 bridgehead atoms. The van der Waals surface area contributed by atoms with Gasteiger partial charge in [-0.1, -0.05) is 0 Å². The Morgan fingerprint density at radius 1 is 1.14 bits per heavy atom. The summed E-state index contributed by atoms with van der Waals surface area (Å²) in [4.78, 5) is 21.9. The van der Waals surface area contributed by atoms with E-state index in [2.05, 4.69) is 0 Å². The summed E-state index contributed by atoms with van der Waals surface area (Å²) in [7, 11) is 0. The van der Waals surface area contributed by atoms with E-state index in [4.69, 9.17) is 24.8 Å². The first-order valence-corrected chi connectivity index (χ1v) is 6.34. The zero-order valence-corrected chi connectivity index (χ0v) is 11.8. The lowest BCUT2D eigenvalue weighted by molar-refractivity contribution is -0.0133. The van der Waals surface area contributed by atoms with Crippen LogP contribution in [0.25, 0.3) is 0 Å². The van der Waals surface area contributed by atoms with Gasteiger partial charge in [0.1, 0.15) is 17.9 Å². The average molecular weight is 298 g/mol. The molecule has 0 saturated heterocycles. The lowest BCUT2D eigenvalue weighted by Crippen LogP contribution is -2.23. The van der Waals surface area contributed by atoms with E-state index in [-0.39, 0.29) is 36.2 Å². The summed E-state index contributed by atoms with van der Waals surface area (Å²) in [6.45, 7) is 3.53. The van der Waals surface area contributed by atoms with Crippen molar-refractivity contribution in [3.63, 3.8) is 0 Å². The fourth-order valence-corrected chi connectivity index (χ4v) is 1.51. The molecule has 2 unspecified atom stereocenters. The van der Waals surface area contributed by atoms with E-state index in [0.29, 0.717) is 0 Å². The third-order valence-corrected chi connectivity index (χ3v) is 2.55. The standard InChI is InChI=1S/C14H18O7/c1-8(15)6-20-9(2)7-21-12-4-3-10(13(16)17)5-11(12)14(18)19/h3-5,8-9,15H,6-7H2,1-2H3,(H,16,17)(H,18,19). The molecule has 0 aliphatic heterocycles. The largest absolute Gasteiger partial charge is 0.490 e. The van der Waals surface area contributed by atoms with Crippen molar-refractivity contribution in [3.8, 4) is 5.75 Å². The van der Waals surface area contributed by atoms with Crippen molar-refractivity contribution in [1.82, 2.24) is 0 Å². The first kappa shape index (κ1) is 16.9. The number of carboxylic acid groups (broad SMARTS) is 2. The van der Waals surface area contributed by atoms with Gasteiger partial charge >= 0.3 is 11.9 Å². The first-order chi connectivity index (χ1) is 9.81. The van der Waals surface area contributed by atoms with Gasteiger partial charge < -0.3 is 24.8 Å². The van der Waals surface area contributed by atoms with Crippen molar-refractivity contribution < 1.29 is 34.4 Å². The van der Waals surface area contributed by atoms with Crippen molar-refractivity contribution in [2.75, 3.05) is 13.2 Å². The number of benzene rings is 1. The molecule has 0 aliphatic carbocycles. The van der Waals surface area contributed by atoms with Crippen LogP contribution in [-0.4, -0.2) is 52.7 Å². The summed E-state index contributed by atoms with van der Waals surface area (Å²) in [5.41, 5.74) is -0.351. The van der Waals surface area contributed by atoms with Crippen molar-refractivity contribution in [3.05, 3.63) is 29.3 Å². The molecule has 0 spiro atoms. The van der Waals surface area contributed by atoms with Crippen LogP contribution in [0.15, 0.2) is 18.2 Å². The highest BCUT2D eigenvalue weighted by Gasteiger charge is 2.16. The topological polar surface area (TPSA) is 113 Å². The average Bonchev–Trinajstić information content (AvgIpc) is 2.42. The van der Waals surface area contributed by atoms with E-state index < -0.39 is 18.0 Å². The molecule has 1 aromatic rings. The van der Waals surface area contributed by atoms with Gasteiger partial charge in [-0.15, -0.1) is 0 Å². The molecule has 1 rings (SSSR count). The van der Waals surface area contributed by atoms with Crippen LogP contribution in [0.1, 0.15) is 34.6 Å². The minimum absolute atomic E-state index is 0.0694. The third-order valence-electron chi connectivity index (χ3n) is 2.55. The third kappa shape index (κ3) is 5.41. The number of ether oxygens (including phenoxy) is 2. The predicted octanol–water partition coefficient (Wildman–Crippen LogP) is 1.25. The highest BCUT2D eigenvalue weighted by Crippen LogP contribution is 2.21. The van der Waals surface area contributed by atoms with E-state index in [1.165, 1.54) is 12.1 Å². The highest BCUT2D eigenvalue weighted by atomic mass is 16.5. The minimum Gasteiger partial charge on any atom is -0.490 e. The van der Waals surface area contributed by atoms with Gasteiger partial charge in [0.05, 0.1) is 24.4 Å². The Kier molecular flexibility index (Phi) is 6.13. The Balaban J connectivity index is 2.74. The second kappa shape index (κ2) is 7.61. The van der Waals surface area contributed by atoms with Gasteiger partial charge in [0.15, 0.2) is 0 Å². The molecule has 0 fully saturated rings. The summed E-state index contributed by atoms with van der Waals surface area (Å²) < 4.78 is 10.6. The van der Waals surface area contributed by atoms with Gasteiger partial charge in [-0.3, -0.25) is 0 Å². The molecule has 21 heavy (non-hydrogen) atoms. The summed E-state index contributed by atoms with van der Waals surface area (Å²) in [6.07, 6.45) is -0.947. The fraction of sp³-hybridized carbons (Fsp3) is 0.429. The molecule has 3 N–H and O–H groups in total. The SMILES string of the molecule is CC(O)COC(C)COc1ccc(C(=O)O)cc1C(=O)O. The van der Waals surface area contributed by atoms with E-state index in [0.717, 1.165) is 6.07 Å². The van der Waals surface area contributed by atoms with Crippen LogP contribution >= 0.6 is 0 Å². The molecule has 7 nitrogen and oxygen atoms in total. The number of aliphatic hydroxyl groups is 1. The first-order valence-electron chi connectivity index (χ1n) is 6.34. The number of carbonyl (C=O) groups is 2. The maximum atomic E-state index is 11.1.